The van der Waals surface area contributed by atoms with Crippen molar-refractivity contribution in [3.8, 4) is 5.00 Å². The molecule has 1 atom stereocenters. The second kappa shape index (κ2) is 9.23. The molecular formula is C24H27N5O5S. The van der Waals surface area contributed by atoms with Crippen molar-refractivity contribution in [1.82, 2.24) is 23.9 Å². The molecule has 0 bridgehead atoms. The van der Waals surface area contributed by atoms with Crippen LogP contribution in [-0.4, -0.2) is 41.1 Å². The number of carbonyl (C=O) groups is 1. The molecule has 35 heavy (non-hydrogen) atoms. The zero-order chi connectivity index (χ0) is 25.5. The summed E-state index contributed by atoms with van der Waals surface area (Å²) in [4.78, 5) is 43.9. The fourth-order valence-corrected chi connectivity index (χ4v) is 5.24. The first-order chi connectivity index (χ1) is 16.5. The van der Waals surface area contributed by atoms with E-state index in [9.17, 15) is 19.5 Å². The number of hydrogen-bond acceptors (Lipinski definition) is 7. The van der Waals surface area contributed by atoms with E-state index in [1.165, 1.54) is 47.1 Å². The Bertz CT molecular complexity index is 1480. The molecule has 0 spiro atoms. The van der Waals surface area contributed by atoms with E-state index in [0.717, 1.165) is 10.1 Å². The molecule has 1 N–H and O–H groups in total. The predicted octanol–water partition coefficient (Wildman–Crippen LogP) is 3.10. The molecule has 10 nitrogen and oxygen atoms in total. The minimum Gasteiger partial charge on any atom is -0.480 e. The van der Waals surface area contributed by atoms with Gasteiger partial charge in [-0.15, -0.1) is 0 Å². The van der Waals surface area contributed by atoms with E-state index in [1.807, 2.05) is 44.2 Å². The van der Waals surface area contributed by atoms with Crippen molar-refractivity contribution in [2.45, 2.75) is 58.9 Å². The number of rotatable bonds is 8. The summed E-state index contributed by atoms with van der Waals surface area (Å²) in [6.45, 7) is 8.33. The molecule has 0 radical (unpaired) electrons. The maximum atomic E-state index is 13.8. The summed E-state index contributed by atoms with van der Waals surface area (Å²) < 4.78 is 9.96. The quantitative estimate of drug-likeness (QED) is 0.397. The molecule has 4 aromatic rings. The Morgan fingerprint density at radius 3 is 2.46 bits per heavy atom. The molecule has 184 valence electrons. The van der Waals surface area contributed by atoms with Gasteiger partial charge in [-0.25, -0.2) is 23.8 Å². The molecule has 3 heterocycles. The molecule has 4 rings (SSSR count). The topological polar surface area (TPSA) is 121 Å². The largest absolute Gasteiger partial charge is 0.480 e. The van der Waals surface area contributed by atoms with Gasteiger partial charge in [-0.3, -0.25) is 9.36 Å². The van der Waals surface area contributed by atoms with Crippen LogP contribution in [0, 0.1) is 6.92 Å². The summed E-state index contributed by atoms with van der Waals surface area (Å²) >= 11 is 1.23. The second-order valence-electron chi connectivity index (χ2n) is 9.03. The van der Waals surface area contributed by atoms with E-state index in [-0.39, 0.29) is 18.0 Å². The number of aromatic nitrogens is 5. The SMILES string of the molecule is Cc1c(-n2cncn2)sc2c1c(=O)n(C(C)(C)C(=O)O)c(=O)n2CC(OC(C)C)c1ccccc1. The maximum absolute atomic E-state index is 13.8. The molecular weight excluding hydrogens is 470 g/mol. The summed E-state index contributed by atoms with van der Waals surface area (Å²) in [5, 5.41) is 14.9. The van der Waals surface area contributed by atoms with Gasteiger partial charge in [0.25, 0.3) is 5.56 Å². The summed E-state index contributed by atoms with van der Waals surface area (Å²) in [6.07, 6.45) is 2.25. The average Bonchev–Trinajstić information content (AvgIpc) is 3.44. The lowest BCUT2D eigenvalue weighted by atomic mass is 10.1. The van der Waals surface area contributed by atoms with Gasteiger partial charge in [-0.2, -0.15) is 5.10 Å². The smallest absolute Gasteiger partial charge is 0.333 e. The lowest BCUT2D eigenvalue weighted by Crippen LogP contribution is -2.52. The Morgan fingerprint density at radius 1 is 1.20 bits per heavy atom. The first kappa shape index (κ1) is 24.6. The van der Waals surface area contributed by atoms with E-state index in [4.69, 9.17) is 4.74 Å². The highest BCUT2D eigenvalue weighted by Crippen LogP contribution is 2.32. The number of ether oxygens (including phenoxy) is 1. The van der Waals surface area contributed by atoms with Crippen LogP contribution in [0.2, 0.25) is 0 Å². The summed E-state index contributed by atoms with van der Waals surface area (Å²) in [7, 11) is 0. The van der Waals surface area contributed by atoms with Crippen LogP contribution in [-0.2, 0) is 21.6 Å². The molecule has 0 saturated heterocycles. The van der Waals surface area contributed by atoms with Crippen LogP contribution < -0.4 is 11.2 Å². The van der Waals surface area contributed by atoms with Crippen LogP contribution in [0.3, 0.4) is 0 Å². The number of carboxylic acids is 1. The van der Waals surface area contributed by atoms with Crippen molar-refractivity contribution in [1.29, 1.82) is 0 Å². The molecule has 1 aromatic carbocycles. The van der Waals surface area contributed by atoms with Gasteiger partial charge in [-0.1, -0.05) is 41.7 Å². The molecule has 0 amide bonds. The molecule has 3 aromatic heterocycles. The van der Waals surface area contributed by atoms with Crippen molar-refractivity contribution in [2.75, 3.05) is 0 Å². The van der Waals surface area contributed by atoms with Crippen LogP contribution in [0.25, 0.3) is 15.2 Å². The highest BCUT2D eigenvalue weighted by atomic mass is 32.1. The number of aliphatic carboxylic acids is 1. The van der Waals surface area contributed by atoms with Crippen molar-refractivity contribution in [3.05, 3.63) is 75.0 Å². The normalized spacial score (nSPS) is 13.0. The Balaban J connectivity index is 2.05. The Kier molecular flexibility index (Phi) is 6.48. The second-order valence-corrected chi connectivity index (χ2v) is 10.0. The van der Waals surface area contributed by atoms with E-state index >= 15 is 0 Å². The molecule has 0 fully saturated rings. The van der Waals surface area contributed by atoms with Crippen molar-refractivity contribution in [3.63, 3.8) is 0 Å². The van der Waals surface area contributed by atoms with Gasteiger partial charge in [0, 0.05) is 5.56 Å². The highest BCUT2D eigenvalue weighted by Gasteiger charge is 2.36. The minimum absolute atomic E-state index is 0.0876. The third kappa shape index (κ3) is 4.32. The fraction of sp³-hybridized carbons (Fsp3) is 0.375. The van der Waals surface area contributed by atoms with Crippen LogP contribution in [0.1, 0.15) is 44.9 Å². The minimum atomic E-state index is -1.77. The van der Waals surface area contributed by atoms with Crippen molar-refractivity contribution in [2.24, 2.45) is 0 Å². The lowest BCUT2D eigenvalue weighted by Gasteiger charge is -2.26. The van der Waals surface area contributed by atoms with Gasteiger partial charge in [0.2, 0.25) is 0 Å². The number of benzene rings is 1. The molecule has 11 heteroatoms. The molecule has 0 aliphatic carbocycles. The highest BCUT2D eigenvalue weighted by molar-refractivity contribution is 7.21. The Hall–Kier alpha value is -3.57. The molecule has 1 unspecified atom stereocenters. The third-order valence-corrected chi connectivity index (χ3v) is 7.16. The average molecular weight is 498 g/mol. The van der Waals surface area contributed by atoms with Gasteiger partial charge in [-0.05, 0) is 40.2 Å². The monoisotopic (exact) mass is 497 g/mol. The number of thiophene rings is 1. The lowest BCUT2D eigenvalue weighted by molar-refractivity contribution is -0.146. The number of aryl methyl sites for hydroxylation is 1. The first-order valence-corrected chi connectivity index (χ1v) is 11.9. The van der Waals surface area contributed by atoms with Crippen LogP contribution in [0.15, 0.2) is 52.6 Å². The summed E-state index contributed by atoms with van der Waals surface area (Å²) in [5.74, 6) is -1.29. The number of hydrogen-bond donors (Lipinski definition) is 1. The first-order valence-electron chi connectivity index (χ1n) is 11.1. The van der Waals surface area contributed by atoms with Gasteiger partial charge in [0.15, 0.2) is 0 Å². The molecule has 0 saturated carbocycles. The Morgan fingerprint density at radius 2 is 1.89 bits per heavy atom. The van der Waals surface area contributed by atoms with Crippen LogP contribution in [0.4, 0.5) is 0 Å². The summed E-state index contributed by atoms with van der Waals surface area (Å²) in [6, 6.07) is 9.48. The van der Waals surface area contributed by atoms with Gasteiger partial charge in [0.1, 0.15) is 34.1 Å². The number of fused-ring (bicyclic) bond motifs is 1. The standard InChI is InChI=1S/C24H27N5O5S/c1-14(2)34-17(16-9-7-6-8-10-16)11-27-21-18(15(3)20(35-21)28-13-25-12-26-28)19(30)29(23(27)33)24(4,5)22(31)32/h6-10,12-14,17H,11H2,1-5H3,(H,31,32). The van der Waals surface area contributed by atoms with Gasteiger partial charge < -0.3 is 9.84 Å². The predicted molar refractivity (Wildman–Crippen MR) is 132 cm³/mol. The van der Waals surface area contributed by atoms with E-state index < -0.39 is 28.9 Å². The van der Waals surface area contributed by atoms with Gasteiger partial charge in [0.05, 0.1) is 18.0 Å². The zero-order valence-corrected chi connectivity index (χ0v) is 20.9. The van der Waals surface area contributed by atoms with E-state index in [0.29, 0.717) is 15.4 Å². The van der Waals surface area contributed by atoms with Crippen LogP contribution in [0.5, 0.6) is 0 Å². The van der Waals surface area contributed by atoms with E-state index in [1.54, 1.807) is 6.92 Å². The Labute approximate surface area is 205 Å². The molecule has 0 aliphatic heterocycles. The number of carboxylic acid groups (broad SMARTS) is 1. The van der Waals surface area contributed by atoms with E-state index in [2.05, 4.69) is 10.1 Å². The number of nitrogens with zero attached hydrogens (tertiary/aromatic N) is 5. The summed E-state index contributed by atoms with van der Waals surface area (Å²) in [5.41, 5.74) is -1.69. The maximum Gasteiger partial charge on any atom is 0.333 e. The third-order valence-electron chi connectivity index (χ3n) is 5.85. The van der Waals surface area contributed by atoms with Crippen molar-refractivity contribution >= 4 is 27.5 Å². The van der Waals surface area contributed by atoms with Crippen LogP contribution >= 0.6 is 11.3 Å². The fourth-order valence-electron chi connectivity index (χ4n) is 4.01. The molecule has 0 aliphatic rings. The zero-order valence-electron chi connectivity index (χ0n) is 20.1. The van der Waals surface area contributed by atoms with Gasteiger partial charge >= 0.3 is 11.7 Å². The van der Waals surface area contributed by atoms with Crippen molar-refractivity contribution < 1.29 is 14.6 Å².